The number of nitrogens with one attached hydrogen (secondary N) is 1. The van der Waals surface area contributed by atoms with Crippen LogP contribution in [0.4, 0.5) is 5.69 Å². The minimum absolute atomic E-state index is 0.124. The molecule has 1 unspecified atom stereocenters. The van der Waals surface area contributed by atoms with Gasteiger partial charge in [-0.1, -0.05) is 19.1 Å². The van der Waals surface area contributed by atoms with Gasteiger partial charge in [-0.05, 0) is 49.3 Å². The minimum atomic E-state index is -0.323. The molecule has 4 nitrogen and oxygen atoms in total. The highest BCUT2D eigenvalue weighted by molar-refractivity contribution is 5.91. The van der Waals surface area contributed by atoms with Crippen LogP contribution in [-0.2, 0) is 10.2 Å². The molecule has 0 aliphatic heterocycles. The van der Waals surface area contributed by atoms with E-state index in [0.717, 1.165) is 36.9 Å². The van der Waals surface area contributed by atoms with E-state index in [9.17, 15) is 4.79 Å². The Bertz CT molecular complexity index is 452. The molecule has 110 valence electrons. The fourth-order valence-corrected chi connectivity index (χ4v) is 2.49. The van der Waals surface area contributed by atoms with E-state index >= 15 is 0 Å². The second-order valence-corrected chi connectivity index (χ2v) is 5.89. The summed E-state index contributed by atoms with van der Waals surface area (Å²) >= 11 is 0. The number of nitrogens with two attached hydrogens (primary N) is 1. The van der Waals surface area contributed by atoms with Crippen molar-refractivity contribution in [1.29, 1.82) is 0 Å². The normalized spacial score (nSPS) is 17.5. The largest absolute Gasteiger partial charge is 0.399 e. The van der Waals surface area contributed by atoms with Gasteiger partial charge in [0.15, 0.2) is 0 Å². The molecule has 0 heterocycles. The van der Waals surface area contributed by atoms with Crippen molar-refractivity contribution in [3.63, 3.8) is 0 Å². The van der Waals surface area contributed by atoms with Crippen molar-refractivity contribution in [3.05, 3.63) is 29.8 Å². The van der Waals surface area contributed by atoms with Crippen molar-refractivity contribution in [2.75, 3.05) is 18.9 Å². The Morgan fingerprint density at radius 3 is 2.60 bits per heavy atom. The summed E-state index contributed by atoms with van der Waals surface area (Å²) in [7, 11) is 0. The molecule has 1 saturated carbocycles. The van der Waals surface area contributed by atoms with E-state index in [0.29, 0.717) is 12.5 Å². The fraction of sp³-hybridized carbons (Fsp3) is 0.562. The minimum Gasteiger partial charge on any atom is -0.399 e. The summed E-state index contributed by atoms with van der Waals surface area (Å²) in [4.78, 5) is 12.3. The molecule has 1 fully saturated rings. The third-order valence-electron chi connectivity index (χ3n) is 4.12. The van der Waals surface area contributed by atoms with Gasteiger partial charge in [0.2, 0.25) is 5.91 Å². The average molecular weight is 276 g/mol. The van der Waals surface area contributed by atoms with Crippen LogP contribution in [-0.4, -0.2) is 24.2 Å². The number of aliphatic hydroxyl groups is 1. The van der Waals surface area contributed by atoms with E-state index in [1.54, 1.807) is 0 Å². The maximum Gasteiger partial charge on any atom is 0.230 e. The second kappa shape index (κ2) is 6.27. The van der Waals surface area contributed by atoms with Gasteiger partial charge in [0.25, 0.3) is 0 Å². The van der Waals surface area contributed by atoms with E-state index in [1.807, 2.05) is 31.2 Å². The lowest BCUT2D eigenvalue weighted by molar-refractivity contribution is -0.123. The van der Waals surface area contributed by atoms with E-state index in [1.165, 1.54) is 0 Å². The monoisotopic (exact) mass is 276 g/mol. The first-order chi connectivity index (χ1) is 9.58. The van der Waals surface area contributed by atoms with Crippen LogP contribution in [0.15, 0.2) is 24.3 Å². The van der Waals surface area contributed by atoms with Crippen LogP contribution in [0.25, 0.3) is 0 Å². The lowest BCUT2D eigenvalue weighted by Gasteiger charge is -2.16. The Morgan fingerprint density at radius 1 is 1.40 bits per heavy atom. The summed E-state index contributed by atoms with van der Waals surface area (Å²) < 4.78 is 0. The number of amides is 1. The zero-order chi connectivity index (χ0) is 14.6. The molecule has 0 saturated heterocycles. The number of hydrogen-bond donors (Lipinski definition) is 3. The van der Waals surface area contributed by atoms with Crippen molar-refractivity contribution in [2.45, 2.75) is 38.0 Å². The molecule has 1 aliphatic carbocycles. The summed E-state index contributed by atoms with van der Waals surface area (Å²) in [6.45, 7) is 2.90. The summed E-state index contributed by atoms with van der Waals surface area (Å²) in [6, 6.07) is 7.61. The van der Waals surface area contributed by atoms with Gasteiger partial charge >= 0.3 is 0 Å². The number of carbonyl (C=O) groups excluding carboxylic acids is 1. The Hall–Kier alpha value is -1.55. The van der Waals surface area contributed by atoms with Crippen LogP contribution in [0.3, 0.4) is 0 Å². The molecule has 4 N–H and O–H groups in total. The fourth-order valence-electron chi connectivity index (χ4n) is 2.49. The Labute approximate surface area is 120 Å². The third-order valence-corrected chi connectivity index (χ3v) is 4.12. The van der Waals surface area contributed by atoms with Crippen LogP contribution >= 0.6 is 0 Å². The predicted octanol–water partition coefficient (Wildman–Crippen LogP) is 1.83. The van der Waals surface area contributed by atoms with E-state index in [-0.39, 0.29) is 17.9 Å². The lowest BCUT2D eigenvalue weighted by atomic mass is 9.94. The summed E-state index contributed by atoms with van der Waals surface area (Å²) in [5.41, 5.74) is 7.15. The Morgan fingerprint density at radius 2 is 2.05 bits per heavy atom. The molecular weight excluding hydrogens is 252 g/mol. The first-order valence-corrected chi connectivity index (χ1v) is 7.33. The third kappa shape index (κ3) is 3.31. The standard InChI is InChI=1S/C16H24N2O2/c1-12(11-19)3-2-10-18-15(20)16(8-9-16)13-4-6-14(17)7-5-13/h4-7,12,19H,2-3,8-11,17H2,1H3,(H,18,20). The van der Waals surface area contributed by atoms with Gasteiger partial charge in [0.05, 0.1) is 5.41 Å². The SMILES string of the molecule is CC(CO)CCCNC(=O)C1(c2ccc(N)cc2)CC1. The zero-order valence-corrected chi connectivity index (χ0v) is 12.1. The van der Waals surface area contributed by atoms with Gasteiger partial charge in [-0.2, -0.15) is 0 Å². The van der Waals surface area contributed by atoms with Crippen molar-refractivity contribution in [1.82, 2.24) is 5.32 Å². The number of benzene rings is 1. The second-order valence-electron chi connectivity index (χ2n) is 5.89. The van der Waals surface area contributed by atoms with Crippen LogP contribution in [0.5, 0.6) is 0 Å². The number of nitrogen functional groups attached to an aromatic ring is 1. The molecule has 1 aliphatic rings. The van der Waals surface area contributed by atoms with Crippen molar-refractivity contribution >= 4 is 11.6 Å². The van der Waals surface area contributed by atoms with Gasteiger partial charge < -0.3 is 16.2 Å². The molecule has 0 spiro atoms. The maximum atomic E-state index is 12.3. The quantitative estimate of drug-likeness (QED) is 0.525. The van der Waals surface area contributed by atoms with Crippen LogP contribution in [0.2, 0.25) is 0 Å². The van der Waals surface area contributed by atoms with Gasteiger partial charge in [-0.15, -0.1) is 0 Å². The van der Waals surface area contributed by atoms with Crippen molar-refractivity contribution in [2.24, 2.45) is 5.92 Å². The summed E-state index contributed by atoms with van der Waals surface area (Å²) in [6.07, 6.45) is 3.67. The molecule has 1 aromatic rings. The highest BCUT2D eigenvalue weighted by atomic mass is 16.3. The van der Waals surface area contributed by atoms with Crippen molar-refractivity contribution in [3.8, 4) is 0 Å². The molecule has 20 heavy (non-hydrogen) atoms. The first kappa shape index (κ1) is 14.9. The molecule has 0 aromatic heterocycles. The summed E-state index contributed by atoms with van der Waals surface area (Å²) in [5, 5.41) is 12.0. The molecule has 4 heteroatoms. The smallest absolute Gasteiger partial charge is 0.230 e. The van der Waals surface area contributed by atoms with Crippen LogP contribution in [0, 0.1) is 5.92 Å². The number of rotatable bonds is 7. The topological polar surface area (TPSA) is 75.3 Å². The molecule has 2 rings (SSSR count). The molecule has 1 amide bonds. The van der Waals surface area contributed by atoms with E-state index in [2.05, 4.69) is 5.32 Å². The van der Waals surface area contributed by atoms with E-state index < -0.39 is 0 Å². The molecule has 1 aromatic carbocycles. The van der Waals surface area contributed by atoms with Gasteiger partial charge in [0.1, 0.15) is 0 Å². The number of carbonyl (C=O) groups is 1. The summed E-state index contributed by atoms with van der Waals surface area (Å²) in [5.74, 6) is 0.429. The molecular formula is C16H24N2O2. The van der Waals surface area contributed by atoms with E-state index in [4.69, 9.17) is 10.8 Å². The van der Waals surface area contributed by atoms with Gasteiger partial charge in [-0.25, -0.2) is 0 Å². The number of aliphatic hydroxyl groups excluding tert-OH is 1. The van der Waals surface area contributed by atoms with Crippen LogP contribution in [0.1, 0.15) is 38.2 Å². The first-order valence-electron chi connectivity index (χ1n) is 7.33. The Kier molecular flexibility index (Phi) is 4.65. The van der Waals surface area contributed by atoms with Crippen molar-refractivity contribution < 1.29 is 9.90 Å². The van der Waals surface area contributed by atoms with Gasteiger partial charge in [-0.3, -0.25) is 4.79 Å². The number of anilines is 1. The highest BCUT2D eigenvalue weighted by Crippen LogP contribution is 2.48. The average Bonchev–Trinajstić information content (AvgIpc) is 3.25. The number of hydrogen-bond acceptors (Lipinski definition) is 3. The zero-order valence-electron chi connectivity index (χ0n) is 12.1. The Balaban J connectivity index is 1.84. The molecule has 0 radical (unpaired) electrons. The predicted molar refractivity (Wildman–Crippen MR) is 80.3 cm³/mol. The van der Waals surface area contributed by atoms with Gasteiger partial charge in [0, 0.05) is 18.8 Å². The van der Waals surface area contributed by atoms with Crippen LogP contribution < -0.4 is 11.1 Å². The molecule has 0 bridgehead atoms. The highest BCUT2D eigenvalue weighted by Gasteiger charge is 2.50. The maximum absolute atomic E-state index is 12.3. The lowest BCUT2D eigenvalue weighted by Crippen LogP contribution is -2.35. The molecule has 1 atom stereocenters.